The van der Waals surface area contributed by atoms with Crippen LogP contribution in [0.2, 0.25) is 0 Å². The first-order valence-electron chi connectivity index (χ1n) is 4.88. The van der Waals surface area contributed by atoms with Crippen molar-refractivity contribution in [2.45, 2.75) is 25.8 Å². The summed E-state index contributed by atoms with van der Waals surface area (Å²) in [6, 6.07) is 8.60. The Kier molecular flexibility index (Phi) is 2.46. The van der Waals surface area contributed by atoms with E-state index in [1.807, 2.05) is 0 Å². The maximum absolute atomic E-state index is 5.54. The molecule has 1 aromatic rings. The van der Waals surface area contributed by atoms with Gasteiger partial charge in [-0.1, -0.05) is 30.3 Å². The molecule has 0 bridgehead atoms. The maximum atomic E-state index is 5.54. The molecule has 2 N–H and O–H groups in total. The zero-order valence-electron chi connectivity index (χ0n) is 7.79. The summed E-state index contributed by atoms with van der Waals surface area (Å²) in [5.41, 5.74) is 9.62. The molecule has 1 nitrogen and oxygen atoms in total. The minimum absolute atomic E-state index is 0.638. The van der Waals surface area contributed by atoms with Gasteiger partial charge in [0.25, 0.3) is 0 Å². The molecule has 68 valence electrons. The van der Waals surface area contributed by atoms with Gasteiger partial charge < -0.3 is 5.73 Å². The minimum atomic E-state index is 0.638. The molecule has 2 rings (SSSR count). The third kappa shape index (κ3) is 1.81. The van der Waals surface area contributed by atoms with E-state index in [1.165, 1.54) is 36.0 Å². The van der Waals surface area contributed by atoms with Crippen LogP contribution in [0, 0.1) is 0 Å². The third-order valence-electron chi connectivity index (χ3n) is 2.60. The van der Waals surface area contributed by atoms with Crippen LogP contribution >= 0.6 is 0 Å². The molecule has 0 unspecified atom stereocenters. The van der Waals surface area contributed by atoms with E-state index in [-0.39, 0.29) is 0 Å². The Morgan fingerprint density at radius 3 is 2.46 bits per heavy atom. The van der Waals surface area contributed by atoms with E-state index in [9.17, 15) is 0 Å². The van der Waals surface area contributed by atoms with Gasteiger partial charge in [-0.05, 0) is 36.0 Å². The first kappa shape index (κ1) is 8.52. The highest BCUT2D eigenvalue weighted by Crippen LogP contribution is 2.27. The Morgan fingerprint density at radius 1 is 1.15 bits per heavy atom. The minimum Gasteiger partial charge on any atom is -0.326 e. The maximum Gasteiger partial charge on any atom is 0.0178 e. The van der Waals surface area contributed by atoms with Gasteiger partial charge in [0.1, 0.15) is 0 Å². The average molecular weight is 173 g/mol. The molecule has 1 heteroatoms. The summed E-state index contributed by atoms with van der Waals surface area (Å²) in [7, 11) is 0. The first-order valence-corrected chi connectivity index (χ1v) is 4.88. The van der Waals surface area contributed by atoms with Gasteiger partial charge in [0.15, 0.2) is 0 Å². The van der Waals surface area contributed by atoms with Crippen molar-refractivity contribution in [3.63, 3.8) is 0 Å². The van der Waals surface area contributed by atoms with Crippen molar-refractivity contribution in [3.05, 3.63) is 41.5 Å². The summed E-state index contributed by atoms with van der Waals surface area (Å²) in [5.74, 6) is 0. The molecule has 0 spiro atoms. The molecule has 13 heavy (non-hydrogen) atoms. The summed E-state index contributed by atoms with van der Waals surface area (Å²) >= 11 is 0. The predicted molar refractivity (Wildman–Crippen MR) is 56.2 cm³/mol. The standard InChI is InChI=1S/C12H15N/c13-9-10-5-7-12(8-6-10)11-3-1-2-4-11/h3,5-8H,1-2,4,9,13H2. The van der Waals surface area contributed by atoms with Crippen LogP contribution in [0.25, 0.3) is 5.57 Å². The fraction of sp³-hybridized carbons (Fsp3) is 0.333. The molecule has 0 aliphatic heterocycles. The second-order valence-electron chi connectivity index (χ2n) is 3.52. The van der Waals surface area contributed by atoms with E-state index in [1.54, 1.807) is 0 Å². The summed E-state index contributed by atoms with van der Waals surface area (Å²) in [6.45, 7) is 0.638. The lowest BCUT2D eigenvalue weighted by molar-refractivity contribution is 0.935. The molecule has 1 aromatic carbocycles. The van der Waals surface area contributed by atoms with Crippen LogP contribution in [-0.4, -0.2) is 0 Å². The summed E-state index contributed by atoms with van der Waals surface area (Å²) < 4.78 is 0. The van der Waals surface area contributed by atoms with Crippen LogP contribution in [0.1, 0.15) is 30.4 Å². The van der Waals surface area contributed by atoms with Crippen molar-refractivity contribution in [2.75, 3.05) is 0 Å². The second kappa shape index (κ2) is 3.75. The zero-order valence-corrected chi connectivity index (χ0v) is 7.79. The van der Waals surface area contributed by atoms with Crippen LogP contribution in [0.4, 0.5) is 0 Å². The van der Waals surface area contributed by atoms with Crippen LogP contribution in [0.5, 0.6) is 0 Å². The van der Waals surface area contributed by atoms with E-state index >= 15 is 0 Å². The van der Waals surface area contributed by atoms with Gasteiger partial charge in [0.2, 0.25) is 0 Å². The monoisotopic (exact) mass is 173 g/mol. The third-order valence-corrected chi connectivity index (χ3v) is 2.60. The van der Waals surface area contributed by atoms with Crippen molar-refractivity contribution in [2.24, 2.45) is 5.73 Å². The van der Waals surface area contributed by atoms with Crippen LogP contribution in [-0.2, 0) is 6.54 Å². The van der Waals surface area contributed by atoms with Gasteiger partial charge in [-0.3, -0.25) is 0 Å². The second-order valence-corrected chi connectivity index (χ2v) is 3.52. The molecule has 0 amide bonds. The smallest absolute Gasteiger partial charge is 0.0178 e. The van der Waals surface area contributed by atoms with Crippen LogP contribution < -0.4 is 5.73 Å². The molecule has 0 aromatic heterocycles. The Balaban J connectivity index is 2.22. The molecule has 0 heterocycles. The molecular formula is C12H15N. The molecule has 0 saturated heterocycles. The lowest BCUT2D eigenvalue weighted by Crippen LogP contribution is -1.95. The highest BCUT2D eigenvalue weighted by Gasteiger charge is 2.05. The summed E-state index contributed by atoms with van der Waals surface area (Å²) in [4.78, 5) is 0. The first-order chi connectivity index (χ1) is 6.40. The van der Waals surface area contributed by atoms with Crippen molar-refractivity contribution in [1.82, 2.24) is 0 Å². The van der Waals surface area contributed by atoms with E-state index in [0.717, 1.165) is 0 Å². The molecule has 0 atom stereocenters. The number of nitrogens with two attached hydrogens (primary N) is 1. The molecular weight excluding hydrogens is 158 g/mol. The normalized spacial score (nSPS) is 15.9. The summed E-state index contributed by atoms with van der Waals surface area (Å²) in [6.07, 6.45) is 6.14. The number of allylic oxidation sites excluding steroid dienone is 2. The van der Waals surface area contributed by atoms with Crippen LogP contribution in [0.15, 0.2) is 30.3 Å². The Hall–Kier alpha value is -1.08. The fourth-order valence-corrected chi connectivity index (χ4v) is 1.79. The van der Waals surface area contributed by atoms with Crippen LogP contribution in [0.3, 0.4) is 0 Å². The Labute approximate surface area is 79.3 Å². The SMILES string of the molecule is NCc1ccc(C2=CCCC2)cc1. The molecule has 0 saturated carbocycles. The highest BCUT2D eigenvalue weighted by atomic mass is 14.5. The lowest BCUT2D eigenvalue weighted by atomic mass is 10.0. The number of benzene rings is 1. The van der Waals surface area contributed by atoms with Gasteiger partial charge in [0.05, 0.1) is 0 Å². The van der Waals surface area contributed by atoms with Gasteiger partial charge in [-0.2, -0.15) is 0 Å². The van der Waals surface area contributed by atoms with Crippen molar-refractivity contribution in [1.29, 1.82) is 0 Å². The van der Waals surface area contributed by atoms with E-state index in [0.29, 0.717) is 6.54 Å². The van der Waals surface area contributed by atoms with E-state index < -0.39 is 0 Å². The van der Waals surface area contributed by atoms with E-state index in [4.69, 9.17) is 5.73 Å². The number of hydrogen-bond donors (Lipinski definition) is 1. The van der Waals surface area contributed by atoms with Gasteiger partial charge >= 0.3 is 0 Å². The van der Waals surface area contributed by atoms with Gasteiger partial charge in [0, 0.05) is 6.54 Å². The van der Waals surface area contributed by atoms with E-state index in [2.05, 4.69) is 30.3 Å². The average Bonchev–Trinajstić information content (AvgIpc) is 2.71. The fourth-order valence-electron chi connectivity index (χ4n) is 1.79. The molecule has 0 radical (unpaired) electrons. The number of hydrogen-bond acceptors (Lipinski definition) is 1. The summed E-state index contributed by atoms with van der Waals surface area (Å²) in [5, 5.41) is 0. The Bertz CT molecular complexity index is 308. The van der Waals surface area contributed by atoms with Crippen molar-refractivity contribution in [3.8, 4) is 0 Å². The topological polar surface area (TPSA) is 26.0 Å². The van der Waals surface area contributed by atoms with Gasteiger partial charge in [-0.15, -0.1) is 0 Å². The van der Waals surface area contributed by atoms with Crippen molar-refractivity contribution >= 4 is 5.57 Å². The molecule has 0 fully saturated rings. The number of rotatable bonds is 2. The molecule has 1 aliphatic rings. The molecule has 1 aliphatic carbocycles. The highest BCUT2D eigenvalue weighted by molar-refractivity contribution is 5.67. The lowest BCUT2D eigenvalue weighted by Gasteiger charge is -2.02. The predicted octanol–water partition coefficient (Wildman–Crippen LogP) is 2.71. The largest absolute Gasteiger partial charge is 0.326 e. The quantitative estimate of drug-likeness (QED) is 0.731. The zero-order chi connectivity index (χ0) is 9.10. The van der Waals surface area contributed by atoms with Crippen molar-refractivity contribution < 1.29 is 0 Å². The Morgan fingerprint density at radius 2 is 1.92 bits per heavy atom. The van der Waals surface area contributed by atoms with Gasteiger partial charge in [-0.25, -0.2) is 0 Å².